The van der Waals surface area contributed by atoms with Crippen LogP contribution in [0.3, 0.4) is 0 Å². The number of carbonyl (C=O) groups excluding carboxylic acids is 1. The van der Waals surface area contributed by atoms with Gasteiger partial charge in [-0.05, 0) is 72.8 Å². The molecule has 0 aliphatic carbocycles. The van der Waals surface area contributed by atoms with Crippen LogP contribution >= 0.6 is 22.9 Å². The van der Waals surface area contributed by atoms with E-state index in [0.29, 0.717) is 5.69 Å². The van der Waals surface area contributed by atoms with Gasteiger partial charge in [0.15, 0.2) is 0 Å². The molecule has 0 unspecified atom stereocenters. The second kappa shape index (κ2) is 11.2. The first-order valence-electron chi connectivity index (χ1n) is 11.7. The van der Waals surface area contributed by atoms with Gasteiger partial charge in [0.25, 0.3) is 15.6 Å². The standard InChI is InChI=1S/C26H18ClF2N5O5S2/c27-22-9-10-23(40-22)41(38,39)33-25(36)31-16-2-5-18(6-3-16)34-24(35)19-7-4-17(12-21(19)32-26(34)37)30-13-14-11-15(28)1-8-20(14)29/h1-12,30H,13H2,(H,32,37)(H2,31,33,36). The van der Waals surface area contributed by atoms with Crippen molar-refractivity contribution >= 4 is 61.3 Å². The van der Waals surface area contributed by atoms with Gasteiger partial charge in [0.1, 0.15) is 15.8 Å². The predicted molar refractivity (Wildman–Crippen MR) is 153 cm³/mol. The average Bonchev–Trinajstić information content (AvgIpc) is 3.37. The Labute approximate surface area is 239 Å². The first kappa shape index (κ1) is 28.0. The summed E-state index contributed by atoms with van der Waals surface area (Å²) in [6.07, 6.45) is 0. The molecule has 0 fully saturated rings. The minimum Gasteiger partial charge on any atom is -0.381 e. The lowest BCUT2D eigenvalue weighted by atomic mass is 10.2. The molecule has 0 spiro atoms. The number of H-pyrrole nitrogens is 1. The van der Waals surface area contributed by atoms with E-state index in [4.69, 9.17) is 11.6 Å². The summed E-state index contributed by atoms with van der Waals surface area (Å²) in [5, 5.41) is 5.49. The van der Waals surface area contributed by atoms with E-state index < -0.39 is 38.9 Å². The van der Waals surface area contributed by atoms with Crippen molar-refractivity contribution in [3.05, 3.63) is 115 Å². The van der Waals surface area contributed by atoms with Crippen LogP contribution in [0.5, 0.6) is 0 Å². The van der Waals surface area contributed by atoms with E-state index in [9.17, 15) is 31.6 Å². The summed E-state index contributed by atoms with van der Waals surface area (Å²) in [6.45, 7) is -0.0247. The number of nitrogens with one attached hydrogen (secondary N) is 4. The molecule has 210 valence electrons. The molecule has 5 rings (SSSR count). The Bertz CT molecular complexity index is 2030. The topological polar surface area (TPSA) is 142 Å². The molecule has 2 amide bonds. The van der Waals surface area contributed by atoms with Crippen molar-refractivity contribution in [2.45, 2.75) is 10.8 Å². The number of rotatable bonds is 7. The maximum Gasteiger partial charge on any atom is 0.333 e. The zero-order valence-electron chi connectivity index (χ0n) is 20.6. The number of sulfonamides is 1. The summed E-state index contributed by atoms with van der Waals surface area (Å²) in [5.74, 6) is -1.15. The fourth-order valence-corrected chi connectivity index (χ4v) is 6.29. The Hall–Kier alpha value is -4.53. The summed E-state index contributed by atoms with van der Waals surface area (Å²) in [6, 6.07) is 14.9. The monoisotopic (exact) mass is 617 g/mol. The Morgan fingerprint density at radius 1 is 0.951 bits per heavy atom. The predicted octanol–water partition coefficient (Wildman–Crippen LogP) is 4.79. The molecule has 0 aliphatic rings. The van der Waals surface area contributed by atoms with Gasteiger partial charge in [0.2, 0.25) is 0 Å². The van der Waals surface area contributed by atoms with E-state index in [-0.39, 0.29) is 42.9 Å². The average molecular weight is 618 g/mol. The van der Waals surface area contributed by atoms with E-state index in [0.717, 1.165) is 34.1 Å². The number of carbonyl (C=O) groups is 1. The number of nitrogens with zero attached hydrogens (tertiary/aromatic N) is 1. The van der Waals surface area contributed by atoms with Gasteiger partial charge < -0.3 is 15.6 Å². The van der Waals surface area contributed by atoms with Gasteiger partial charge in [-0.2, -0.15) is 0 Å². The molecule has 5 aromatic rings. The lowest BCUT2D eigenvalue weighted by Crippen LogP contribution is -2.34. The van der Waals surface area contributed by atoms with Crippen LogP contribution in [0.4, 0.5) is 25.0 Å². The molecule has 3 aromatic carbocycles. The smallest absolute Gasteiger partial charge is 0.333 e. The van der Waals surface area contributed by atoms with Crippen molar-refractivity contribution in [2.75, 3.05) is 10.6 Å². The number of halogens is 3. The van der Waals surface area contributed by atoms with Crippen LogP contribution in [0.2, 0.25) is 4.34 Å². The van der Waals surface area contributed by atoms with Crippen molar-refractivity contribution in [1.82, 2.24) is 14.3 Å². The van der Waals surface area contributed by atoms with E-state index in [1.165, 1.54) is 48.5 Å². The zero-order chi connectivity index (χ0) is 29.3. The summed E-state index contributed by atoms with van der Waals surface area (Å²) >= 11 is 6.54. The molecule has 10 nitrogen and oxygen atoms in total. The molecule has 15 heteroatoms. The number of benzene rings is 3. The van der Waals surface area contributed by atoms with Crippen LogP contribution in [0.25, 0.3) is 16.6 Å². The second-order valence-corrected chi connectivity index (χ2v) is 12.2. The van der Waals surface area contributed by atoms with E-state index in [1.807, 2.05) is 4.72 Å². The van der Waals surface area contributed by atoms with E-state index in [2.05, 4.69) is 15.6 Å². The molecular weight excluding hydrogens is 600 g/mol. The molecule has 41 heavy (non-hydrogen) atoms. The van der Waals surface area contributed by atoms with Crippen LogP contribution in [0.1, 0.15) is 5.56 Å². The third-order valence-corrected chi connectivity index (χ3v) is 8.87. The van der Waals surface area contributed by atoms with Crippen LogP contribution in [0.15, 0.2) is 86.6 Å². The third-order valence-electron chi connectivity index (χ3n) is 5.81. The number of thiophene rings is 1. The minimum atomic E-state index is -4.12. The number of urea groups is 1. The van der Waals surface area contributed by atoms with E-state index in [1.54, 1.807) is 6.07 Å². The highest BCUT2D eigenvalue weighted by Crippen LogP contribution is 2.25. The number of hydrogen-bond donors (Lipinski definition) is 4. The molecule has 0 bridgehead atoms. The lowest BCUT2D eigenvalue weighted by molar-refractivity contribution is 0.256. The van der Waals surface area contributed by atoms with Crippen molar-refractivity contribution in [3.63, 3.8) is 0 Å². The second-order valence-electron chi connectivity index (χ2n) is 8.59. The Morgan fingerprint density at radius 3 is 2.39 bits per heavy atom. The highest BCUT2D eigenvalue weighted by molar-refractivity contribution is 7.92. The number of hydrogen-bond acceptors (Lipinski definition) is 7. The molecule has 2 aromatic heterocycles. The Kier molecular flexibility index (Phi) is 7.62. The largest absolute Gasteiger partial charge is 0.381 e. The highest BCUT2D eigenvalue weighted by Gasteiger charge is 2.20. The normalized spacial score (nSPS) is 11.4. The maximum atomic E-state index is 13.9. The Balaban J connectivity index is 1.32. The summed E-state index contributed by atoms with van der Waals surface area (Å²) in [7, 11) is -4.12. The van der Waals surface area contributed by atoms with Gasteiger partial charge in [-0.1, -0.05) is 11.6 Å². The number of aromatic amines is 1. The van der Waals surface area contributed by atoms with Crippen LogP contribution in [-0.2, 0) is 16.6 Å². The van der Waals surface area contributed by atoms with Gasteiger partial charge in [0, 0.05) is 23.5 Å². The van der Waals surface area contributed by atoms with Crippen molar-refractivity contribution in [3.8, 4) is 5.69 Å². The molecule has 0 aliphatic heterocycles. The Morgan fingerprint density at radius 2 is 1.68 bits per heavy atom. The molecule has 0 saturated heterocycles. The summed E-state index contributed by atoms with van der Waals surface area (Å²) in [5.41, 5.74) is -0.176. The fourth-order valence-electron chi connectivity index (χ4n) is 3.90. The van der Waals surface area contributed by atoms with Crippen molar-refractivity contribution in [2.24, 2.45) is 0 Å². The summed E-state index contributed by atoms with van der Waals surface area (Å²) in [4.78, 5) is 40.8. The van der Waals surface area contributed by atoms with Crippen LogP contribution in [-0.4, -0.2) is 24.0 Å². The lowest BCUT2D eigenvalue weighted by Gasteiger charge is -2.11. The van der Waals surface area contributed by atoms with Gasteiger partial charge >= 0.3 is 11.7 Å². The SMILES string of the molecule is O=C(Nc1ccc(-n2c(=O)[nH]c3cc(NCc4cc(F)ccc4F)ccc3c2=O)cc1)NS(=O)(=O)c1ccc(Cl)s1. The van der Waals surface area contributed by atoms with Gasteiger partial charge in [-0.25, -0.2) is 36.1 Å². The fraction of sp³-hybridized carbons (Fsp3) is 0.0385. The van der Waals surface area contributed by atoms with Gasteiger partial charge in [-0.3, -0.25) is 4.79 Å². The molecule has 0 radical (unpaired) electrons. The third kappa shape index (κ3) is 6.14. The molecule has 0 atom stereocenters. The maximum absolute atomic E-state index is 13.9. The van der Waals surface area contributed by atoms with Crippen molar-refractivity contribution < 1.29 is 22.0 Å². The first-order chi connectivity index (χ1) is 19.5. The van der Waals surface area contributed by atoms with Gasteiger partial charge in [0.05, 0.1) is 20.9 Å². The molecule has 0 saturated carbocycles. The van der Waals surface area contributed by atoms with Gasteiger partial charge in [-0.15, -0.1) is 11.3 Å². The van der Waals surface area contributed by atoms with Crippen molar-refractivity contribution in [1.29, 1.82) is 0 Å². The van der Waals surface area contributed by atoms with Crippen LogP contribution < -0.4 is 26.6 Å². The summed E-state index contributed by atoms with van der Waals surface area (Å²) < 4.78 is 54.8. The number of fused-ring (bicyclic) bond motifs is 1. The number of anilines is 2. The number of amides is 2. The molecule has 4 N–H and O–H groups in total. The highest BCUT2D eigenvalue weighted by atomic mass is 35.5. The van der Waals surface area contributed by atoms with E-state index >= 15 is 0 Å². The quantitative estimate of drug-likeness (QED) is 0.207. The first-order valence-corrected chi connectivity index (χ1v) is 14.3. The molecule has 2 heterocycles. The van der Waals surface area contributed by atoms with Crippen LogP contribution in [0, 0.1) is 11.6 Å². The number of aromatic nitrogens is 2. The molecular formula is C26H18ClF2N5O5S2. The minimum absolute atomic E-state index is 0.0247. The zero-order valence-corrected chi connectivity index (χ0v) is 23.0.